The lowest BCUT2D eigenvalue weighted by Crippen LogP contribution is -2.06. The highest BCUT2D eigenvalue weighted by Crippen LogP contribution is 2.25. The zero-order valence-corrected chi connectivity index (χ0v) is 17.6. The topological polar surface area (TPSA) is 91.0 Å². The van der Waals surface area contributed by atoms with Crippen LogP contribution in [-0.2, 0) is 16.1 Å². The van der Waals surface area contributed by atoms with E-state index in [1.165, 1.54) is 6.07 Å². The average Bonchev–Trinajstić information content (AvgIpc) is 3.13. The summed E-state index contributed by atoms with van der Waals surface area (Å²) in [4.78, 5) is 27.3. The summed E-state index contributed by atoms with van der Waals surface area (Å²) in [5, 5.41) is 11.2. The summed E-state index contributed by atoms with van der Waals surface area (Å²) in [6, 6.07) is 19.9. The van der Waals surface area contributed by atoms with Crippen molar-refractivity contribution in [1.29, 1.82) is 0 Å². The minimum absolute atomic E-state index is 0.0382. The molecule has 0 N–H and O–H groups in total. The van der Waals surface area contributed by atoms with Crippen molar-refractivity contribution in [3.05, 3.63) is 110 Å². The largest absolute Gasteiger partial charge is 0.489 e. The standard InChI is InChI=1S/C25H20N2O5/c1-16-6-3-4-8-20(16)15-31-21-9-5-7-18(12-21)13-22-25(28)32-24(26-22)19-11-10-17(2)23(14-19)27(29)30/h3-14H,15H2,1-2H3/b22-13-. The summed E-state index contributed by atoms with van der Waals surface area (Å²) in [7, 11) is 0. The molecule has 0 aliphatic carbocycles. The first-order valence-corrected chi connectivity index (χ1v) is 9.96. The van der Waals surface area contributed by atoms with Gasteiger partial charge in [-0.25, -0.2) is 9.79 Å². The van der Waals surface area contributed by atoms with Crippen molar-refractivity contribution in [2.45, 2.75) is 20.5 Å². The minimum Gasteiger partial charge on any atom is -0.489 e. The number of cyclic esters (lactones) is 1. The molecule has 0 aromatic heterocycles. The Morgan fingerprint density at radius 3 is 2.62 bits per heavy atom. The molecule has 0 saturated carbocycles. The summed E-state index contributed by atoms with van der Waals surface area (Å²) in [6.07, 6.45) is 1.60. The number of nitro benzene ring substituents is 1. The Labute approximate surface area is 184 Å². The Balaban J connectivity index is 1.55. The predicted octanol–water partition coefficient (Wildman–Crippen LogP) is 5.14. The third-order valence-corrected chi connectivity index (χ3v) is 5.09. The number of benzene rings is 3. The maximum Gasteiger partial charge on any atom is 0.363 e. The van der Waals surface area contributed by atoms with E-state index in [9.17, 15) is 14.9 Å². The van der Waals surface area contributed by atoms with Gasteiger partial charge in [-0.3, -0.25) is 10.1 Å². The van der Waals surface area contributed by atoms with Crippen molar-refractivity contribution in [2.75, 3.05) is 0 Å². The first-order chi connectivity index (χ1) is 15.4. The van der Waals surface area contributed by atoms with Crippen LogP contribution in [0.4, 0.5) is 5.69 Å². The fourth-order valence-electron chi connectivity index (χ4n) is 3.26. The Kier molecular flexibility index (Phi) is 5.81. The van der Waals surface area contributed by atoms with Gasteiger partial charge in [-0.05, 0) is 54.8 Å². The molecular weight excluding hydrogens is 408 g/mol. The number of aliphatic imine (C=N–C) groups is 1. The molecule has 1 heterocycles. The van der Waals surface area contributed by atoms with Crippen LogP contribution in [0.5, 0.6) is 5.75 Å². The molecule has 7 nitrogen and oxygen atoms in total. The molecule has 3 aromatic rings. The number of esters is 1. The van der Waals surface area contributed by atoms with Crippen LogP contribution >= 0.6 is 0 Å². The van der Waals surface area contributed by atoms with Crippen LogP contribution in [-0.4, -0.2) is 16.8 Å². The van der Waals surface area contributed by atoms with Crippen LogP contribution in [0.2, 0.25) is 0 Å². The molecule has 4 rings (SSSR count). The van der Waals surface area contributed by atoms with Crippen molar-refractivity contribution in [3.63, 3.8) is 0 Å². The Bertz CT molecular complexity index is 1280. The number of hydrogen-bond acceptors (Lipinski definition) is 6. The summed E-state index contributed by atoms with van der Waals surface area (Å²) < 4.78 is 11.1. The van der Waals surface area contributed by atoms with E-state index in [4.69, 9.17) is 9.47 Å². The second-order valence-electron chi connectivity index (χ2n) is 7.38. The summed E-state index contributed by atoms with van der Waals surface area (Å²) in [5.41, 5.74) is 3.90. The van der Waals surface area contributed by atoms with Gasteiger partial charge in [-0.2, -0.15) is 0 Å². The van der Waals surface area contributed by atoms with E-state index in [0.717, 1.165) is 16.7 Å². The number of nitrogens with zero attached hydrogens (tertiary/aromatic N) is 2. The molecule has 7 heteroatoms. The van der Waals surface area contributed by atoms with E-state index in [0.29, 0.717) is 23.5 Å². The van der Waals surface area contributed by atoms with Gasteiger partial charge in [0.1, 0.15) is 12.4 Å². The maximum atomic E-state index is 12.3. The van der Waals surface area contributed by atoms with Gasteiger partial charge in [0.15, 0.2) is 5.70 Å². The fraction of sp³-hybridized carbons (Fsp3) is 0.120. The Morgan fingerprint density at radius 2 is 1.84 bits per heavy atom. The van der Waals surface area contributed by atoms with Gasteiger partial charge in [0, 0.05) is 17.2 Å². The Morgan fingerprint density at radius 1 is 1.03 bits per heavy atom. The minimum atomic E-state index is -0.616. The molecule has 0 bridgehead atoms. The molecule has 32 heavy (non-hydrogen) atoms. The van der Waals surface area contributed by atoms with Gasteiger partial charge in [0.2, 0.25) is 5.90 Å². The van der Waals surface area contributed by atoms with Crippen molar-refractivity contribution >= 4 is 23.6 Å². The van der Waals surface area contributed by atoms with Crippen LogP contribution in [0.3, 0.4) is 0 Å². The van der Waals surface area contributed by atoms with E-state index in [-0.39, 0.29) is 17.3 Å². The average molecular weight is 428 g/mol. The monoisotopic (exact) mass is 428 g/mol. The highest BCUT2D eigenvalue weighted by molar-refractivity contribution is 6.13. The van der Waals surface area contributed by atoms with E-state index in [1.807, 2.05) is 55.5 Å². The van der Waals surface area contributed by atoms with Crippen LogP contribution < -0.4 is 4.74 Å². The number of rotatable bonds is 6. The SMILES string of the molecule is Cc1ccccc1COc1cccc(/C=C2\N=C(c3ccc(C)c([N+](=O)[O-])c3)OC2=O)c1. The van der Waals surface area contributed by atoms with E-state index < -0.39 is 10.9 Å². The number of hydrogen-bond donors (Lipinski definition) is 0. The Hall–Kier alpha value is -4.26. The molecule has 0 unspecified atom stereocenters. The second-order valence-corrected chi connectivity index (χ2v) is 7.38. The quantitative estimate of drug-likeness (QED) is 0.235. The second kappa shape index (κ2) is 8.85. The molecular formula is C25H20N2O5. The summed E-state index contributed by atoms with van der Waals surface area (Å²) in [5.74, 6) is 0.0816. The summed E-state index contributed by atoms with van der Waals surface area (Å²) in [6.45, 7) is 4.11. The number of nitro groups is 1. The molecule has 0 fully saturated rings. The molecule has 0 saturated heterocycles. The van der Waals surface area contributed by atoms with E-state index in [1.54, 1.807) is 25.1 Å². The van der Waals surface area contributed by atoms with E-state index >= 15 is 0 Å². The van der Waals surface area contributed by atoms with Gasteiger partial charge < -0.3 is 9.47 Å². The lowest BCUT2D eigenvalue weighted by molar-refractivity contribution is -0.385. The normalized spacial score (nSPS) is 14.2. The maximum absolute atomic E-state index is 12.3. The molecule has 0 spiro atoms. The van der Waals surface area contributed by atoms with Crippen molar-refractivity contribution < 1.29 is 19.2 Å². The lowest BCUT2D eigenvalue weighted by atomic mass is 10.1. The molecule has 3 aromatic carbocycles. The third-order valence-electron chi connectivity index (χ3n) is 5.09. The third kappa shape index (κ3) is 4.57. The molecule has 0 amide bonds. The van der Waals surface area contributed by atoms with Gasteiger partial charge in [-0.1, -0.05) is 42.5 Å². The molecule has 1 aliphatic heterocycles. The predicted molar refractivity (Wildman–Crippen MR) is 120 cm³/mol. The highest BCUT2D eigenvalue weighted by Gasteiger charge is 2.25. The van der Waals surface area contributed by atoms with Gasteiger partial charge in [0.05, 0.1) is 4.92 Å². The number of aryl methyl sites for hydroxylation is 2. The fourth-order valence-corrected chi connectivity index (χ4v) is 3.26. The lowest BCUT2D eigenvalue weighted by Gasteiger charge is -2.09. The number of carbonyl (C=O) groups is 1. The van der Waals surface area contributed by atoms with Gasteiger partial charge in [-0.15, -0.1) is 0 Å². The molecule has 1 aliphatic rings. The van der Waals surface area contributed by atoms with Crippen LogP contribution in [0.15, 0.2) is 77.4 Å². The molecule has 0 radical (unpaired) electrons. The summed E-state index contributed by atoms with van der Waals surface area (Å²) >= 11 is 0. The number of carbonyl (C=O) groups excluding carboxylic acids is 1. The molecule has 160 valence electrons. The molecule has 0 atom stereocenters. The van der Waals surface area contributed by atoms with Crippen LogP contribution in [0.25, 0.3) is 6.08 Å². The van der Waals surface area contributed by atoms with Crippen LogP contribution in [0, 0.1) is 24.0 Å². The number of ether oxygens (including phenoxy) is 2. The van der Waals surface area contributed by atoms with E-state index in [2.05, 4.69) is 4.99 Å². The zero-order valence-electron chi connectivity index (χ0n) is 17.6. The van der Waals surface area contributed by atoms with Crippen molar-refractivity contribution in [3.8, 4) is 5.75 Å². The first-order valence-electron chi connectivity index (χ1n) is 9.96. The van der Waals surface area contributed by atoms with Crippen molar-refractivity contribution in [1.82, 2.24) is 0 Å². The zero-order chi connectivity index (χ0) is 22.7. The van der Waals surface area contributed by atoms with Gasteiger partial charge in [0.25, 0.3) is 5.69 Å². The first kappa shape index (κ1) is 21.0. The van der Waals surface area contributed by atoms with Gasteiger partial charge >= 0.3 is 5.97 Å². The smallest absolute Gasteiger partial charge is 0.363 e. The van der Waals surface area contributed by atoms with Crippen LogP contribution in [0.1, 0.15) is 27.8 Å². The van der Waals surface area contributed by atoms with Crippen molar-refractivity contribution in [2.24, 2.45) is 4.99 Å². The highest BCUT2D eigenvalue weighted by atomic mass is 16.6.